The molecule has 1 atom stereocenters. The van der Waals surface area contributed by atoms with Crippen LogP contribution in [0.4, 0.5) is 5.69 Å². The number of rotatable bonds is 5. The minimum atomic E-state index is -0.516. The van der Waals surface area contributed by atoms with Gasteiger partial charge in [0.25, 0.3) is 5.91 Å². The molecule has 3 heteroatoms. The van der Waals surface area contributed by atoms with Crippen LogP contribution in [0.15, 0.2) is 60.7 Å². The van der Waals surface area contributed by atoms with Gasteiger partial charge in [-0.3, -0.25) is 4.79 Å². The number of likely N-dealkylation sites (N-methyl/N-ethyl adjacent to an activating group) is 1. The molecule has 0 bridgehead atoms. The number of nitrogens with zero attached hydrogens (tertiary/aromatic N) is 1. The number of para-hydroxylation sites is 2. The first kappa shape index (κ1) is 14.1. The fourth-order valence-corrected chi connectivity index (χ4v) is 2.05. The van der Waals surface area contributed by atoms with E-state index in [0.717, 1.165) is 5.69 Å². The number of hydrogen-bond donors (Lipinski definition) is 0. The lowest BCUT2D eigenvalue weighted by Crippen LogP contribution is -2.40. The summed E-state index contributed by atoms with van der Waals surface area (Å²) in [6.07, 6.45) is -0.516. The Morgan fingerprint density at radius 2 is 1.60 bits per heavy atom. The van der Waals surface area contributed by atoms with Crippen LogP contribution in [0.5, 0.6) is 5.75 Å². The topological polar surface area (TPSA) is 29.5 Å². The Labute approximate surface area is 119 Å². The molecule has 0 N–H and O–H groups in total. The first-order valence-electron chi connectivity index (χ1n) is 6.80. The van der Waals surface area contributed by atoms with Gasteiger partial charge in [0.2, 0.25) is 0 Å². The van der Waals surface area contributed by atoms with Crippen molar-refractivity contribution in [1.82, 2.24) is 0 Å². The maximum absolute atomic E-state index is 12.5. The molecule has 0 saturated heterocycles. The third-order valence-corrected chi connectivity index (χ3v) is 3.05. The van der Waals surface area contributed by atoms with Gasteiger partial charge < -0.3 is 9.64 Å². The van der Waals surface area contributed by atoms with Gasteiger partial charge in [0.1, 0.15) is 5.75 Å². The van der Waals surface area contributed by atoms with Crippen molar-refractivity contribution >= 4 is 11.6 Å². The van der Waals surface area contributed by atoms with Crippen LogP contribution >= 0.6 is 0 Å². The molecule has 0 spiro atoms. The van der Waals surface area contributed by atoms with Crippen molar-refractivity contribution in [2.24, 2.45) is 0 Å². The molecule has 2 aromatic carbocycles. The molecule has 104 valence electrons. The Balaban J connectivity index is 2.09. The molecule has 0 radical (unpaired) electrons. The smallest absolute Gasteiger partial charge is 0.267 e. The van der Waals surface area contributed by atoms with E-state index in [1.165, 1.54) is 0 Å². The van der Waals surface area contributed by atoms with Gasteiger partial charge in [-0.15, -0.1) is 0 Å². The van der Waals surface area contributed by atoms with E-state index in [1.54, 1.807) is 11.8 Å². The third kappa shape index (κ3) is 3.38. The number of carbonyl (C=O) groups is 1. The Bertz CT molecular complexity index is 539. The van der Waals surface area contributed by atoms with Crippen molar-refractivity contribution in [2.75, 3.05) is 11.4 Å². The lowest BCUT2D eigenvalue weighted by atomic mass is 10.2. The van der Waals surface area contributed by atoms with E-state index >= 15 is 0 Å². The van der Waals surface area contributed by atoms with Crippen molar-refractivity contribution in [3.63, 3.8) is 0 Å². The molecular weight excluding hydrogens is 250 g/mol. The Hall–Kier alpha value is -2.29. The van der Waals surface area contributed by atoms with Crippen molar-refractivity contribution in [3.8, 4) is 5.75 Å². The second-order valence-corrected chi connectivity index (χ2v) is 4.49. The van der Waals surface area contributed by atoms with E-state index in [9.17, 15) is 4.79 Å². The second kappa shape index (κ2) is 6.75. The summed E-state index contributed by atoms with van der Waals surface area (Å²) in [5.41, 5.74) is 0.892. The number of carbonyl (C=O) groups excluding carboxylic acids is 1. The Kier molecular flexibility index (Phi) is 4.77. The fraction of sp³-hybridized carbons (Fsp3) is 0.235. The molecule has 2 rings (SSSR count). The highest BCUT2D eigenvalue weighted by Gasteiger charge is 2.22. The quantitative estimate of drug-likeness (QED) is 0.831. The van der Waals surface area contributed by atoms with E-state index in [0.29, 0.717) is 12.3 Å². The fourth-order valence-electron chi connectivity index (χ4n) is 2.05. The number of amides is 1. The molecule has 2 aromatic rings. The average molecular weight is 269 g/mol. The molecule has 0 aromatic heterocycles. The lowest BCUT2D eigenvalue weighted by molar-refractivity contribution is -0.124. The zero-order valence-electron chi connectivity index (χ0n) is 11.8. The average Bonchev–Trinajstić information content (AvgIpc) is 2.50. The molecule has 0 aliphatic rings. The van der Waals surface area contributed by atoms with Gasteiger partial charge in [-0.1, -0.05) is 36.4 Å². The van der Waals surface area contributed by atoms with Crippen molar-refractivity contribution < 1.29 is 9.53 Å². The number of hydrogen-bond acceptors (Lipinski definition) is 2. The van der Waals surface area contributed by atoms with Crippen LogP contribution in [-0.4, -0.2) is 18.6 Å². The van der Waals surface area contributed by atoms with Crippen molar-refractivity contribution in [3.05, 3.63) is 60.7 Å². The highest BCUT2D eigenvalue weighted by Crippen LogP contribution is 2.17. The number of benzene rings is 2. The summed E-state index contributed by atoms with van der Waals surface area (Å²) in [6.45, 7) is 4.35. The molecule has 0 aliphatic heterocycles. The second-order valence-electron chi connectivity index (χ2n) is 4.49. The van der Waals surface area contributed by atoms with Gasteiger partial charge in [-0.25, -0.2) is 0 Å². The maximum atomic E-state index is 12.5. The van der Waals surface area contributed by atoms with Crippen LogP contribution in [0.3, 0.4) is 0 Å². The van der Waals surface area contributed by atoms with Crippen LogP contribution in [0.2, 0.25) is 0 Å². The number of ether oxygens (including phenoxy) is 1. The molecule has 0 aliphatic carbocycles. The molecule has 0 unspecified atom stereocenters. The third-order valence-electron chi connectivity index (χ3n) is 3.05. The van der Waals surface area contributed by atoms with E-state index in [-0.39, 0.29) is 5.91 Å². The normalized spacial score (nSPS) is 11.7. The first-order valence-corrected chi connectivity index (χ1v) is 6.80. The Morgan fingerprint density at radius 1 is 1.05 bits per heavy atom. The van der Waals surface area contributed by atoms with Gasteiger partial charge >= 0.3 is 0 Å². The molecule has 1 amide bonds. The van der Waals surface area contributed by atoms with Crippen LogP contribution in [0.25, 0.3) is 0 Å². The van der Waals surface area contributed by atoms with E-state index in [2.05, 4.69) is 0 Å². The van der Waals surface area contributed by atoms with Crippen molar-refractivity contribution in [2.45, 2.75) is 20.0 Å². The molecule has 3 nitrogen and oxygen atoms in total. The largest absolute Gasteiger partial charge is 0.481 e. The van der Waals surface area contributed by atoms with Gasteiger partial charge in [-0.2, -0.15) is 0 Å². The highest BCUT2D eigenvalue weighted by molar-refractivity contribution is 5.96. The summed E-state index contributed by atoms with van der Waals surface area (Å²) in [6, 6.07) is 19.0. The van der Waals surface area contributed by atoms with Crippen LogP contribution in [-0.2, 0) is 4.79 Å². The predicted molar refractivity (Wildman–Crippen MR) is 81.0 cm³/mol. The predicted octanol–water partition coefficient (Wildman–Crippen LogP) is 3.51. The zero-order chi connectivity index (χ0) is 14.4. The van der Waals surface area contributed by atoms with E-state index < -0.39 is 6.10 Å². The highest BCUT2D eigenvalue weighted by atomic mass is 16.5. The Morgan fingerprint density at radius 3 is 2.15 bits per heavy atom. The summed E-state index contributed by atoms with van der Waals surface area (Å²) in [4.78, 5) is 14.2. The maximum Gasteiger partial charge on any atom is 0.267 e. The summed E-state index contributed by atoms with van der Waals surface area (Å²) in [5, 5.41) is 0. The summed E-state index contributed by atoms with van der Waals surface area (Å²) < 4.78 is 5.69. The van der Waals surface area contributed by atoms with Crippen LogP contribution in [0, 0.1) is 0 Å². The van der Waals surface area contributed by atoms with Gasteiger partial charge in [0.15, 0.2) is 6.10 Å². The first-order chi connectivity index (χ1) is 9.72. The van der Waals surface area contributed by atoms with Gasteiger partial charge in [0.05, 0.1) is 0 Å². The van der Waals surface area contributed by atoms with Gasteiger partial charge in [0, 0.05) is 12.2 Å². The zero-order valence-corrected chi connectivity index (χ0v) is 11.8. The standard InChI is InChI=1S/C17H19NO2/c1-3-18(15-10-6-4-7-11-15)17(19)14(2)20-16-12-8-5-9-13-16/h4-14H,3H2,1-2H3/t14-/m1/s1. The SMILES string of the molecule is CCN(C(=O)[C@@H](C)Oc1ccccc1)c1ccccc1. The minimum Gasteiger partial charge on any atom is -0.481 e. The van der Waals surface area contributed by atoms with Crippen LogP contribution < -0.4 is 9.64 Å². The van der Waals surface area contributed by atoms with Gasteiger partial charge in [-0.05, 0) is 38.1 Å². The summed E-state index contributed by atoms with van der Waals surface area (Å²) in [5.74, 6) is 0.667. The summed E-state index contributed by atoms with van der Waals surface area (Å²) >= 11 is 0. The monoisotopic (exact) mass is 269 g/mol. The van der Waals surface area contributed by atoms with E-state index in [1.807, 2.05) is 67.6 Å². The lowest BCUT2D eigenvalue weighted by Gasteiger charge is -2.25. The summed E-state index contributed by atoms with van der Waals surface area (Å²) in [7, 11) is 0. The minimum absolute atomic E-state index is 0.0393. The molecule has 0 fully saturated rings. The molecule has 0 saturated carbocycles. The van der Waals surface area contributed by atoms with Crippen LogP contribution in [0.1, 0.15) is 13.8 Å². The molecular formula is C17H19NO2. The molecule has 0 heterocycles. The van der Waals surface area contributed by atoms with E-state index in [4.69, 9.17) is 4.74 Å². The molecule has 20 heavy (non-hydrogen) atoms. The van der Waals surface area contributed by atoms with Crippen molar-refractivity contribution in [1.29, 1.82) is 0 Å². The number of anilines is 1.